The maximum Gasteiger partial charge on any atom is 0.257 e. The average Bonchev–Trinajstić information content (AvgIpc) is 2.83. The van der Waals surface area contributed by atoms with Crippen molar-refractivity contribution in [2.75, 3.05) is 31.1 Å². The van der Waals surface area contributed by atoms with E-state index in [2.05, 4.69) is 16.9 Å². The zero-order chi connectivity index (χ0) is 22.5. The molecule has 2 aromatic rings. The number of hydrazine groups is 1. The summed E-state index contributed by atoms with van der Waals surface area (Å²) >= 11 is 5.88. The van der Waals surface area contributed by atoms with Gasteiger partial charge in [0.15, 0.2) is 0 Å². The van der Waals surface area contributed by atoms with Crippen LogP contribution in [-0.4, -0.2) is 48.8 Å². The van der Waals surface area contributed by atoms with Gasteiger partial charge >= 0.3 is 0 Å². The standard InChI is InChI=1S/C24H27ClN4O3/c25-20-9-7-19(8-10-20)24(32)28-14-11-18(12-15-28)23(31)27-26-22(30)16-29-13-3-5-17-4-1-2-6-21(17)29/h1-2,4,6-10,18H,3,5,11-16H2,(H,26,30)(H,27,31). The van der Waals surface area contributed by atoms with E-state index in [9.17, 15) is 14.4 Å². The Morgan fingerprint density at radius 2 is 1.66 bits per heavy atom. The largest absolute Gasteiger partial charge is 0.362 e. The van der Waals surface area contributed by atoms with Gasteiger partial charge in [-0.1, -0.05) is 29.8 Å². The Balaban J connectivity index is 1.22. The smallest absolute Gasteiger partial charge is 0.257 e. The molecule has 32 heavy (non-hydrogen) atoms. The number of nitrogens with one attached hydrogen (secondary N) is 2. The molecule has 0 radical (unpaired) electrons. The number of rotatable bonds is 4. The molecule has 0 atom stereocenters. The molecule has 168 valence electrons. The Morgan fingerprint density at radius 1 is 0.938 bits per heavy atom. The van der Waals surface area contributed by atoms with Gasteiger partial charge in [-0.2, -0.15) is 0 Å². The van der Waals surface area contributed by atoms with Gasteiger partial charge in [-0.05, 0) is 61.6 Å². The first-order valence-corrected chi connectivity index (χ1v) is 11.4. The molecule has 2 aromatic carbocycles. The Kier molecular flexibility index (Phi) is 6.95. The molecule has 0 aromatic heterocycles. The van der Waals surface area contributed by atoms with Crippen molar-refractivity contribution in [1.29, 1.82) is 0 Å². The fraction of sp³-hybridized carbons (Fsp3) is 0.375. The molecule has 0 aliphatic carbocycles. The zero-order valence-electron chi connectivity index (χ0n) is 17.9. The van der Waals surface area contributed by atoms with Crippen LogP contribution in [0.25, 0.3) is 0 Å². The highest BCUT2D eigenvalue weighted by Gasteiger charge is 2.28. The Labute approximate surface area is 192 Å². The maximum atomic E-state index is 12.6. The number of hydrogen-bond donors (Lipinski definition) is 2. The number of carbonyl (C=O) groups is 3. The highest BCUT2D eigenvalue weighted by Crippen LogP contribution is 2.26. The lowest BCUT2D eigenvalue weighted by Crippen LogP contribution is -2.50. The molecule has 2 aliphatic rings. The van der Waals surface area contributed by atoms with E-state index in [1.807, 2.05) is 23.1 Å². The Hall–Kier alpha value is -3.06. The van der Waals surface area contributed by atoms with Crippen molar-refractivity contribution in [3.8, 4) is 0 Å². The molecule has 0 bridgehead atoms. The summed E-state index contributed by atoms with van der Waals surface area (Å²) in [4.78, 5) is 41.3. The van der Waals surface area contributed by atoms with Crippen molar-refractivity contribution in [2.24, 2.45) is 5.92 Å². The molecular weight excluding hydrogens is 428 g/mol. The van der Waals surface area contributed by atoms with E-state index >= 15 is 0 Å². The van der Waals surface area contributed by atoms with Gasteiger partial charge in [-0.25, -0.2) is 0 Å². The SMILES string of the molecule is O=C(CN1CCCc2ccccc21)NNC(=O)C1CCN(C(=O)c2ccc(Cl)cc2)CC1. The van der Waals surface area contributed by atoms with Crippen LogP contribution in [0.4, 0.5) is 5.69 Å². The summed E-state index contributed by atoms with van der Waals surface area (Å²) in [6.45, 7) is 2.01. The molecule has 2 aliphatic heterocycles. The van der Waals surface area contributed by atoms with Gasteiger partial charge < -0.3 is 9.80 Å². The Morgan fingerprint density at radius 3 is 2.41 bits per heavy atom. The first kappa shape index (κ1) is 22.1. The van der Waals surface area contributed by atoms with Gasteiger partial charge in [0.1, 0.15) is 0 Å². The quantitative estimate of drug-likeness (QED) is 0.696. The zero-order valence-corrected chi connectivity index (χ0v) is 18.6. The van der Waals surface area contributed by atoms with Crippen LogP contribution in [0.5, 0.6) is 0 Å². The van der Waals surface area contributed by atoms with Crippen LogP contribution < -0.4 is 15.8 Å². The number of fused-ring (bicyclic) bond motifs is 1. The summed E-state index contributed by atoms with van der Waals surface area (Å²) in [6, 6.07) is 14.9. The number of hydrogen-bond acceptors (Lipinski definition) is 4. The Bertz CT molecular complexity index is 987. The summed E-state index contributed by atoms with van der Waals surface area (Å²) in [5, 5.41) is 0.587. The van der Waals surface area contributed by atoms with Gasteiger partial charge in [-0.3, -0.25) is 25.2 Å². The number of para-hydroxylation sites is 1. The van der Waals surface area contributed by atoms with Crippen LogP contribution in [0.1, 0.15) is 35.2 Å². The summed E-state index contributed by atoms with van der Waals surface area (Å²) < 4.78 is 0. The normalized spacial score (nSPS) is 16.3. The highest BCUT2D eigenvalue weighted by molar-refractivity contribution is 6.30. The number of benzene rings is 2. The molecule has 0 unspecified atom stereocenters. The predicted octanol–water partition coefficient (Wildman–Crippen LogP) is 2.79. The number of carbonyl (C=O) groups excluding carboxylic acids is 3. The molecule has 1 fully saturated rings. The molecule has 0 spiro atoms. The monoisotopic (exact) mass is 454 g/mol. The minimum absolute atomic E-state index is 0.0596. The van der Waals surface area contributed by atoms with Crippen molar-refractivity contribution < 1.29 is 14.4 Å². The van der Waals surface area contributed by atoms with Crippen LogP contribution in [-0.2, 0) is 16.0 Å². The van der Waals surface area contributed by atoms with Crippen LogP contribution in [0.3, 0.4) is 0 Å². The van der Waals surface area contributed by atoms with E-state index in [1.165, 1.54) is 5.56 Å². The molecule has 1 saturated heterocycles. The topological polar surface area (TPSA) is 81.8 Å². The summed E-state index contributed by atoms with van der Waals surface area (Å²) in [7, 11) is 0. The van der Waals surface area contributed by atoms with E-state index in [0.717, 1.165) is 25.1 Å². The van der Waals surface area contributed by atoms with E-state index < -0.39 is 0 Å². The van der Waals surface area contributed by atoms with Crippen LogP contribution in [0, 0.1) is 5.92 Å². The van der Waals surface area contributed by atoms with Crippen LogP contribution >= 0.6 is 11.6 Å². The number of halogens is 1. The number of anilines is 1. The second kappa shape index (κ2) is 10.0. The molecule has 2 heterocycles. The van der Waals surface area contributed by atoms with Crippen molar-refractivity contribution in [3.63, 3.8) is 0 Å². The number of nitrogens with zero attached hydrogens (tertiary/aromatic N) is 2. The fourth-order valence-electron chi connectivity index (χ4n) is 4.34. The third kappa shape index (κ3) is 5.22. The minimum atomic E-state index is -0.245. The summed E-state index contributed by atoms with van der Waals surface area (Å²) in [5.74, 6) is -0.752. The number of piperidine rings is 1. The van der Waals surface area contributed by atoms with Gasteiger partial charge in [-0.15, -0.1) is 0 Å². The molecule has 7 nitrogen and oxygen atoms in total. The molecule has 3 amide bonds. The first-order valence-electron chi connectivity index (χ1n) is 11.0. The number of likely N-dealkylation sites (tertiary alicyclic amines) is 1. The molecule has 0 saturated carbocycles. The van der Waals surface area contributed by atoms with Crippen molar-refractivity contribution in [2.45, 2.75) is 25.7 Å². The van der Waals surface area contributed by atoms with Gasteiger partial charge in [0.05, 0.1) is 6.54 Å². The third-order valence-corrected chi connectivity index (χ3v) is 6.36. The lowest BCUT2D eigenvalue weighted by molar-refractivity contribution is -0.131. The molecule has 4 rings (SSSR count). The first-order chi connectivity index (χ1) is 15.5. The molecule has 8 heteroatoms. The lowest BCUT2D eigenvalue weighted by atomic mass is 9.95. The summed E-state index contributed by atoms with van der Waals surface area (Å²) in [6.07, 6.45) is 3.13. The van der Waals surface area contributed by atoms with Gasteiger partial charge in [0, 0.05) is 41.8 Å². The summed E-state index contributed by atoms with van der Waals surface area (Å²) in [5.41, 5.74) is 8.03. The van der Waals surface area contributed by atoms with Crippen molar-refractivity contribution in [3.05, 3.63) is 64.7 Å². The van der Waals surface area contributed by atoms with Crippen molar-refractivity contribution in [1.82, 2.24) is 15.8 Å². The van der Waals surface area contributed by atoms with Crippen LogP contribution in [0.15, 0.2) is 48.5 Å². The van der Waals surface area contributed by atoms with Gasteiger partial charge in [0.25, 0.3) is 11.8 Å². The lowest BCUT2D eigenvalue weighted by Gasteiger charge is -2.32. The average molecular weight is 455 g/mol. The predicted molar refractivity (Wildman–Crippen MR) is 123 cm³/mol. The maximum absolute atomic E-state index is 12.6. The van der Waals surface area contributed by atoms with Crippen molar-refractivity contribution >= 4 is 35.0 Å². The molecular formula is C24H27ClN4O3. The van der Waals surface area contributed by atoms with Crippen LogP contribution in [0.2, 0.25) is 5.02 Å². The highest BCUT2D eigenvalue weighted by atomic mass is 35.5. The van der Waals surface area contributed by atoms with E-state index in [0.29, 0.717) is 36.5 Å². The number of amides is 3. The third-order valence-electron chi connectivity index (χ3n) is 6.11. The molecule has 2 N–H and O–H groups in total. The van der Waals surface area contributed by atoms with E-state index in [-0.39, 0.29) is 30.2 Å². The fourth-order valence-corrected chi connectivity index (χ4v) is 4.47. The number of aryl methyl sites for hydroxylation is 1. The minimum Gasteiger partial charge on any atom is -0.362 e. The van der Waals surface area contributed by atoms with E-state index in [1.54, 1.807) is 29.2 Å². The van der Waals surface area contributed by atoms with Gasteiger partial charge in [0.2, 0.25) is 5.91 Å². The van der Waals surface area contributed by atoms with E-state index in [4.69, 9.17) is 11.6 Å². The second-order valence-corrected chi connectivity index (χ2v) is 8.70. The second-order valence-electron chi connectivity index (χ2n) is 8.26.